The Balaban J connectivity index is 2.09. The molecular formula is C10H13F3O2. The standard InChI is InChI=1S/C10H13F3O2/c11-9(15)10(12,13)8(14)7-4-5-1-2-6(7)3-5/h1-2,5-9,14-15H,3-4H2. The van der Waals surface area contributed by atoms with E-state index in [0.29, 0.717) is 6.42 Å². The first-order valence-corrected chi connectivity index (χ1v) is 4.99. The van der Waals surface area contributed by atoms with E-state index in [1.807, 2.05) is 6.08 Å². The van der Waals surface area contributed by atoms with Gasteiger partial charge in [-0.3, -0.25) is 0 Å². The van der Waals surface area contributed by atoms with Crippen LogP contribution in [0.25, 0.3) is 0 Å². The summed E-state index contributed by atoms with van der Waals surface area (Å²) >= 11 is 0. The predicted molar refractivity (Wildman–Crippen MR) is 46.9 cm³/mol. The van der Waals surface area contributed by atoms with Gasteiger partial charge in [-0.2, -0.15) is 8.78 Å². The molecule has 0 aromatic rings. The summed E-state index contributed by atoms with van der Waals surface area (Å²) in [4.78, 5) is 0. The number of aliphatic hydroxyl groups is 2. The second-order valence-corrected chi connectivity index (χ2v) is 4.40. The average molecular weight is 222 g/mol. The maximum atomic E-state index is 13.0. The van der Waals surface area contributed by atoms with Crippen molar-refractivity contribution in [1.29, 1.82) is 0 Å². The van der Waals surface area contributed by atoms with Gasteiger partial charge in [0.1, 0.15) is 6.10 Å². The summed E-state index contributed by atoms with van der Waals surface area (Å²) in [7, 11) is 0. The Bertz CT molecular complexity index is 278. The number of alkyl halides is 3. The molecular weight excluding hydrogens is 209 g/mol. The molecule has 2 aliphatic rings. The zero-order valence-corrected chi connectivity index (χ0v) is 7.98. The van der Waals surface area contributed by atoms with Crippen molar-refractivity contribution in [3.05, 3.63) is 12.2 Å². The summed E-state index contributed by atoms with van der Waals surface area (Å²) in [6.45, 7) is 0. The second-order valence-electron chi connectivity index (χ2n) is 4.40. The topological polar surface area (TPSA) is 40.5 Å². The van der Waals surface area contributed by atoms with Crippen LogP contribution in [-0.4, -0.2) is 28.6 Å². The highest BCUT2D eigenvalue weighted by atomic mass is 19.3. The van der Waals surface area contributed by atoms with Gasteiger partial charge in [0.15, 0.2) is 0 Å². The molecule has 0 amide bonds. The molecule has 0 radical (unpaired) electrons. The maximum Gasteiger partial charge on any atom is 0.328 e. The van der Waals surface area contributed by atoms with Crippen molar-refractivity contribution in [3.63, 3.8) is 0 Å². The Morgan fingerprint density at radius 3 is 2.27 bits per heavy atom. The van der Waals surface area contributed by atoms with Gasteiger partial charge >= 0.3 is 5.92 Å². The van der Waals surface area contributed by atoms with Gasteiger partial charge < -0.3 is 10.2 Å². The lowest BCUT2D eigenvalue weighted by molar-refractivity contribution is -0.232. The number of rotatable bonds is 3. The maximum absolute atomic E-state index is 13.0. The number of halogens is 3. The highest BCUT2D eigenvalue weighted by molar-refractivity contribution is 5.12. The fraction of sp³-hybridized carbons (Fsp3) is 0.800. The van der Waals surface area contributed by atoms with Crippen LogP contribution in [0.2, 0.25) is 0 Å². The molecule has 2 aliphatic carbocycles. The third-order valence-electron chi connectivity index (χ3n) is 3.45. The highest BCUT2D eigenvalue weighted by Crippen LogP contribution is 2.48. The molecule has 0 spiro atoms. The van der Waals surface area contributed by atoms with Crippen LogP contribution < -0.4 is 0 Å². The van der Waals surface area contributed by atoms with Gasteiger partial charge in [0.05, 0.1) is 0 Å². The summed E-state index contributed by atoms with van der Waals surface area (Å²) in [5.74, 6) is -4.58. The van der Waals surface area contributed by atoms with E-state index in [0.717, 1.165) is 6.42 Å². The van der Waals surface area contributed by atoms with Gasteiger partial charge in [-0.05, 0) is 30.6 Å². The van der Waals surface area contributed by atoms with Gasteiger partial charge in [0, 0.05) is 0 Å². The largest absolute Gasteiger partial charge is 0.386 e. The van der Waals surface area contributed by atoms with Crippen LogP contribution in [0.4, 0.5) is 13.2 Å². The van der Waals surface area contributed by atoms with E-state index in [1.165, 1.54) is 0 Å². The fourth-order valence-corrected chi connectivity index (χ4v) is 2.61. The minimum Gasteiger partial charge on any atom is -0.386 e. The molecule has 0 aliphatic heterocycles. The summed E-state index contributed by atoms with van der Waals surface area (Å²) in [5.41, 5.74) is 0. The number of allylic oxidation sites excluding steroid dienone is 2. The molecule has 2 N–H and O–H groups in total. The quantitative estimate of drug-likeness (QED) is 0.710. The zero-order valence-electron chi connectivity index (χ0n) is 7.98. The molecule has 0 saturated heterocycles. The Morgan fingerprint density at radius 2 is 1.87 bits per heavy atom. The van der Waals surface area contributed by atoms with E-state index in [1.54, 1.807) is 6.08 Å². The Morgan fingerprint density at radius 1 is 1.20 bits per heavy atom. The van der Waals surface area contributed by atoms with Crippen LogP contribution in [0.1, 0.15) is 12.8 Å². The van der Waals surface area contributed by atoms with Crippen molar-refractivity contribution < 1.29 is 23.4 Å². The van der Waals surface area contributed by atoms with Crippen molar-refractivity contribution in [2.45, 2.75) is 31.2 Å². The van der Waals surface area contributed by atoms with Crippen molar-refractivity contribution in [1.82, 2.24) is 0 Å². The summed E-state index contributed by atoms with van der Waals surface area (Å²) in [5, 5.41) is 17.7. The van der Waals surface area contributed by atoms with E-state index in [-0.39, 0.29) is 11.8 Å². The van der Waals surface area contributed by atoms with Gasteiger partial charge in [0.2, 0.25) is 0 Å². The molecule has 0 heterocycles. The molecule has 2 bridgehead atoms. The lowest BCUT2D eigenvalue weighted by Gasteiger charge is -2.30. The molecule has 2 rings (SSSR count). The number of aliphatic hydroxyl groups excluding tert-OH is 2. The first-order valence-electron chi connectivity index (χ1n) is 4.99. The molecule has 0 aromatic heterocycles. The molecule has 5 heteroatoms. The van der Waals surface area contributed by atoms with Crippen LogP contribution >= 0.6 is 0 Å². The Hall–Kier alpha value is -0.550. The summed E-state index contributed by atoms with van der Waals surface area (Å²) in [6.07, 6.45) is -0.459. The smallest absolute Gasteiger partial charge is 0.328 e. The lowest BCUT2D eigenvalue weighted by Crippen LogP contribution is -2.47. The SMILES string of the molecule is OC(F)C(F)(F)C(O)C1CC2C=CC1C2. The third-order valence-corrected chi connectivity index (χ3v) is 3.45. The van der Waals surface area contributed by atoms with Crippen molar-refractivity contribution in [3.8, 4) is 0 Å². The monoisotopic (exact) mass is 222 g/mol. The average Bonchev–Trinajstić information content (AvgIpc) is 2.76. The van der Waals surface area contributed by atoms with Crippen LogP contribution in [0.15, 0.2) is 12.2 Å². The zero-order chi connectivity index (χ0) is 11.2. The van der Waals surface area contributed by atoms with Crippen LogP contribution in [0.5, 0.6) is 0 Å². The van der Waals surface area contributed by atoms with E-state index >= 15 is 0 Å². The molecule has 2 nitrogen and oxygen atoms in total. The van der Waals surface area contributed by atoms with Gasteiger partial charge in [0.25, 0.3) is 6.36 Å². The highest BCUT2D eigenvalue weighted by Gasteiger charge is 2.54. The Labute approximate surface area is 85.4 Å². The minimum absolute atomic E-state index is 0.102. The van der Waals surface area contributed by atoms with Gasteiger partial charge in [-0.15, -0.1) is 0 Å². The normalized spacial score (nSPS) is 38.3. The van der Waals surface area contributed by atoms with E-state index < -0.39 is 24.3 Å². The van der Waals surface area contributed by atoms with Crippen LogP contribution in [0, 0.1) is 17.8 Å². The van der Waals surface area contributed by atoms with Crippen molar-refractivity contribution >= 4 is 0 Å². The van der Waals surface area contributed by atoms with Gasteiger partial charge in [-0.25, -0.2) is 4.39 Å². The molecule has 1 fully saturated rings. The van der Waals surface area contributed by atoms with E-state index in [4.69, 9.17) is 5.11 Å². The molecule has 0 aromatic carbocycles. The Kier molecular flexibility index (Phi) is 2.55. The lowest BCUT2D eigenvalue weighted by atomic mass is 9.85. The predicted octanol–water partition coefficient (Wildman–Crippen LogP) is 1.48. The molecule has 86 valence electrons. The minimum atomic E-state index is -4.07. The van der Waals surface area contributed by atoms with Crippen molar-refractivity contribution in [2.75, 3.05) is 0 Å². The first kappa shape index (κ1) is 11.0. The fourth-order valence-electron chi connectivity index (χ4n) is 2.61. The van der Waals surface area contributed by atoms with E-state index in [9.17, 15) is 18.3 Å². The number of hydrogen-bond acceptors (Lipinski definition) is 2. The van der Waals surface area contributed by atoms with Crippen LogP contribution in [-0.2, 0) is 0 Å². The second kappa shape index (κ2) is 3.49. The molecule has 5 atom stereocenters. The van der Waals surface area contributed by atoms with E-state index in [2.05, 4.69) is 0 Å². The molecule has 1 saturated carbocycles. The number of hydrogen-bond donors (Lipinski definition) is 2. The molecule has 5 unspecified atom stereocenters. The first-order chi connectivity index (χ1) is 6.93. The number of fused-ring (bicyclic) bond motifs is 2. The molecule has 15 heavy (non-hydrogen) atoms. The van der Waals surface area contributed by atoms with Crippen molar-refractivity contribution in [2.24, 2.45) is 17.8 Å². The summed E-state index contributed by atoms with van der Waals surface area (Å²) in [6, 6.07) is 0. The van der Waals surface area contributed by atoms with Gasteiger partial charge in [-0.1, -0.05) is 12.2 Å². The third kappa shape index (κ3) is 1.67. The van der Waals surface area contributed by atoms with Crippen LogP contribution in [0.3, 0.4) is 0 Å². The summed E-state index contributed by atoms with van der Waals surface area (Å²) < 4.78 is 38.3.